The summed E-state index contributed by atoms with van der Waals surface area (Å²) in [4.78, 5) is 10.2. The van der Waals surface area contributed by atoms with Crippen molar-refractivity contribution in [3.8, 4) is 0 Å². The third-order valence-corrected chi connectivity index (χ3v) is 1.06. The minimum absolute atomic E-state index is 0.428. The van der Waals surface area contributed by atoms with Crippen LogP contribution in [-0.2, 0) is 9.53 Å². The van der Waals surface area contributed by atoms with Crippen molar-refractivity contribution in [2.24, 2.45) is 5.73 Å². The first-order chi connectivity index (χ1) is 4.70. The van der Waals surface area contributed by atoms with Gasteiger partial charge in [0.1, 0.15) is 6.26 Å². The number of ether oxygens (including phenoxy) is 1. The van der Waals surface area contributed by atoms with Crippen molar-refractivity contribution in [1.82, 2.24) is 0 Å². The van der Waals surface area contributed by atoms with E-state index >= 15 is 0 Å². The van der Waals surface area contributed by atoms with Crippen LogP contribution in [0.4, 0.5) is 0 Å². The summed E-state index contributed by atoms with van der Waals surface area (Å²) in [5.41, 5.74) is 5.68. The van der Waals surface area contributed by atoms with E-state index in [1.54, 1.807) is 0 Å². The zero-order valence-electron chi connectivity index (χ0n) is 5.15. The maximum atomic E-state index is 10.2. The van der Waals surface area contributed by atoms with E-state index in [2.05, 4.69) is 4.74 Å². The van der Waals surface area contributed by atoms with Crippen molar-refractivity contribution in [2.45, 2.75) is 6.10 Å². The van der Waals surface area contributed by atoms with Crippen LogP contribution in [0.25, 0.3) is 0 Å². The Morgan fingerprint density at radius 1 is 1.80 bits per heavy atom. The molecule has 4 heteroatoms. The lowest BCUT2D eigenvalue weighted by Gasteiger charge is -2.11. The Labute approximate surface area is 57.6 Å². The molecule has 54 valence electrons. The lowest BCUT2D eigenvalue weighted by molar-refractivity contribution is -0.144. The smallest absolute Gasteiger partial charge is 0.349 e. The van der Waals surface area contributed by atoms with Gasteiger partial charge in [0.15, 0.2) is 0 Å². The minimum atomic E-state index is -1.01. The van der Waals surface area contributed by atoms with Crippen molar-refractivity contribution < 1.29 is 14.6 Å². The van der Waals surface area contributed by atoms with Gasteiger partial charge in [-0.15, -0.1) is 0 Å². The van der Waals surface area contributed by atoms with E-state index in [1.165, 1.54) is 18.4 Å². The van der Waals surface area contributed by atoms with Gasteiger partial charge in [-0.1, -0.05) is 0 Å². The van der Waals surface area contributed by atoms with Gasteiger partial charge < -0.3 is 15.6 Å². The largest absolute Gasteiger partial charge is 0.480 e. The summed E-state index contributed by atoms with van der Waals surface area (Å²) < 4.78 is 4.68. The molecule has 0 aromatic heterocycles. The van der Waals surface area contributed by atoms with Gasteiger partial charge in [0.25, 0.3) is 0 Å². The van der Waals surface area contributed by atoms with Crippen LogP contribution in [0.2, 0.25) is 0 Å². The normalized spacial score (nSPS) is 23.2. The molecule has 0 radical (unpaired) electrons. The van der Waals surface area contributed by atoms with Gasteiger partial charge in [-0.3, -0.25) is 0 Å². The van der Waals surface area contributed by atoms with E-state index in [0.717, 1.165) is 0 Å². The molecule has 0 aromatic rings. The summed E-state index contributed by atoms with van der Waals surface area (Å²) in [7, 11) is 0. The van der Waals surface area contributed by atoms with Crippen molar-refractivity contribution in [3.05, 3.63) is 24.1 Å². The molecule has 0 saturated heterocycles. The topological polar surface area (TPSA) is 72.5 Å². The molecule has 0 amide bonds. The monoisotopic (exact) mass is 141 g/mol. The molecule has 0 aliphatic carbocycles. The molecule has 0 spiro atoms. The Morgan fingerprint density at radius 2 is 2.50 bits per heavy atom. The third-order valence-electron chi connectivity index (χ3n) is 1.06. The second-order valence-corrected chi connectivity index (χ2v) is 1.87. The van der Waals surface area contributed by atoms with Crippen LogP contribution in [0.5, 0.6) is 0 Å². The maximum absolute atomic E-state index is 10.2. The summed E-state index contributed by atoms with van der Waals surface area (Å²) in [6.45, 7) is 0. The molecule has 0 bridgehead atoms. The second kappa shape index (κ2) is 2.43. The highest BCUT2D eigenvalue weighted by molar-refractivity contribution is 5.75. The Morgan fingerprint density at radius 3 is 2.90 bits per heavy atom. The summed E-state index contributed by atoms with van der Waals surface area (Å²) in [6.07, 6.45) is 3.23. The van der Waals surface area contributed by atoms with Crippen LogP contribution in [0, 0.1) is 0 Å². The van der Waals surface area contributed by atoms with Crippen LogP contribution in [0.3, 0.4) is 0 Å². The number of rotatable bonds is 1. The van der Waals surface area contributed by atoms with E-state index in [0.29, 0.717) is 5.70 Å². The number of hydrogen-bond donors (Lipinski definition) is 2. The summed E-state index contributed by atoms with van der Waals surface area (Å²) >= 11 is 0. The molecule has 1 rings (SSSR count). The van der Waals surface area contributed by atoms with Gasteiger partial charge in [-0.05, 0) is 12.2 Å². The fraction of sp³-hybridized carbons (Fsp3) is 0.167. The molecule has 3 N–H and O–H groups in total. The number of carboxylic acid groups (broad SMARTS) is 1. The SMILES string of the molecule is NC1=COC(C(=O)O)C=C1. The highest BCUT2D eigenvalue weighted by Crippen LogP contribution is 2.04. The van der Waals surface area contributed by atoms with Crippen LogP contribution >= 0.6 is 0 Å². The molecular weight excluding hydrogens is 134 g/mol. The van der Waals surface area contributed by atoms with E-state index < -0.39 is 12.1 Å². The van der Waals surface area contributed by atoms with Crippen LogP contribution < -0.4 is 5.73 Å². The molecule has 4 nitrogen and oxygen atoms in total. The summed E-state index contributed by atoms with van der Waals surface area (Å²) in [6, 6.07) is 0. The Hall–Kier alpha value is -1.45. The first-order valence-electron chi connectivity index (χ1n) is 2.72. The van der Waals surface area contributed by atoms with Crippen LogP contribution in [-0.4, -0.2) is 17.2 Å². The molecule has 0 saturated carbocycles. The fourth-order valence-corrected chi connectivity index (χ4v) is 0.576. The Bertz CT molecular complexity index is 207. The zero-order valence-corrected chi connectivity index (χ0v) is 5.15. The minimum Gasteiger partial charge on any atom is -0.480 e. The number of nitrogens with two attached hydrogens (primary N) is 1. The van der Waals surface area contributed by atoms with Gasteiger partial charge in [0.2, 0.25) is 6.10 Å². The molecule has 10 heavy (non-hydrogen) atoms. The molecular formula is C6H7NO3. The Kier molecular flexibility index (Phi) is 1.62. The summed E-state index contributed by atoms with van der Waals surface area (Å²) in [5.74, 6) is -1.01. The zero-order chi connectivity index (χ0) is 7.56. The fourth-order valence-electron chi connectivity index (χ4n) is 0.576. The number of carbonyl (C=O) groups is 1. The lowest BCUT2D eigenvalue weighted by Crippen LogP contribution is -2.22. The van der Waals surface area contributed by atoms with Gasteiger partial charge in [0.05, 0.1) is 5.70 Å². The first-order valence-corrected chi connectivity index (χ1v) is 2.72. The van der Waals surface area contributed by atoms with Gasteiger partial charge >= 0.3 is 5.97 Å². The maximum Gasteiger partial charge on any atom is 0.349 e. The standard InChI is InChI=1S/C6H7NO3/c7-4-1-2-5(6(8)9)10-3-4/h1-3,5H,7H2,(H,8,9). The molecule has 1 unspecified atom stereocenters. The molecule has 1 aliphatic heterocycles. The van der Waals surface area contributed by atoms with Crippen molar-refractivity contribution in [1.29, 1.82) is 0 Å². The highest BCUT2D eigenvalue weighted by atomic mass is 16.5. The predicted molar refractivity (Wildman–Crippen MR) is 33.9 cm³/mol. The molecule has 1 heterocycles. The van der Waals surface area contributed by atoms with E-state index in [9.17, 15) is 4.79 Å². The molecule has 1 atom stereocenters. The highest BCUT2D eigenvalue weighted by Gasteiger charge is 2.15. The first kappa shape index (κ1) is 6.67. The van der Waals surface area contributed by atoms with Crippen LogP contribution in [0.15, 0.2) is 24.1 Å². The van der Waals surface area contributed by atoms with Crippen LogP contribution in [0.1, 0.15) is 0 Å². The summed E-state index contributed by atoms with van der Waals surface area (Å²) in [5, 5.41) is 8.38. The molecule has 0 fully saturated rings. The number of hydrogen-bond acceptors (Lipinski definition) is 3. The number of allylic oxidation sites excluding steroid dienone is 1. The van der Waals surface area contributed by atoms with Gasteiger partial charge in [0, 0.05) is 0 Å². The van der Waals surface area contributed by atoms with Crippen molar-refractivity contribution >= 4 is 5.97 Å². The second-order valence-electron chi connectivity index (χ2n) is 1.87. The van der Waals surface area contributed by atoms with Gasteiger partial charge in [-0.2, -0.15) is 0 Å². The predicted octanol–water partition coefficient (Wildman–Crippen LogP) is -0.174. The number of aliphatic carboxylic acids is 1. The third kappa shape index (κ3) is 1.28. The number of carboxylic acids is 1. The Balaban J connectivity index is 2.60. The van der Waals surface area contributed by atoms with E-state index in [4.69, 9.17) is 10.8 Å². The molecule has 1 aliphatic rings. The van der Waals surface area contributed by atoms with Crippen molar-refractivity contribution in [3.63, 3.8) is 0 Å². The van der Waals surface area contributed by atoms with Crippen molar-refractivity contribution in [2.75, 3.05) is 0 Å². The lowest BCUT2D eigenvalue weighted by atomic mass is 10.2. The van der Waals surface area contributed by atoms with E-state index in [1.807, 2.05) is 0 Å². The molecule has 0 aromatic carbocycles. The average Bonchev–Trinajstić information content (AvgIpc) is 1.88. The van der Waals surface area contributed by atoms with Gasteiger partial charge in [-0.25, -0.2) is 4.79 Å². The quantitative estimate of drug-likeness (QED) is 0.531. The van der Waals surface area contributed by atoms with E-state index in [-0.39, 0.29) is 0 Å². The average molecular weight is 141 g/mol.